The summed E-state index contributed by atoms with van der Waals surface area (Å²) < 4.78 is 5.87. The summed E-state index contributed by atoms with van der Waals surface area (Å²) in [6, 6.07) is 3.95. The Labute approximate surface area is 118 Å². The lowest BCUT2D eigenvalue weighted by Crippen LogP contribution is -2.29. The number of ether oxygens (including phenoxy) is 1. The van der Waals surface area contributed by atoms with Crippen LogP contribution in [0.4, 0.5) is 0 Å². The van der Waals surface area contributed by atoms with Crippen LogP contribution in [0.2, 0.25) is 5.02 Å². The Morgan fingerprint density at radius 1 is 1.32 bits per heavy atom. The zero-order chi connectivity index (χ0) is 13.2. The Hall–Kier alpha value is -0.770. The van der Waals surface area contributed by atoms with Crippen LogP contribution in [-0.2, 0) is 6.42 Å². The lowest BCUT2D eigenvalue weighted by molar-refractivity contribution is 0.132. The molecule has 0 amide bonds. The second kappa shape index (κ2) is 5.70. The number of aryl methyl sites for hydroxylation is 1. The van der Waals surface area contributed by atoms with Gasteiger partial charge < -0.3 is 15.2 Å². The minimum absolute atomic E-state index is 0.120. The van der Waals surface area contributed by atoms with Gasteiger partial charge in [0.2, 0.25) is 0 Å². The van der Waals surface area contributed by atoms with Crippen molar-refractivity contribution in [1.82, 2.24) is 5.32 Å². The highest BCUT2D eigenvalue weighted by molar-refractivity contribution is 6.30. The first kappa shape index (κ1) is 13.2. The molecule has 2 aliphatic heterocycles. The van der Waals surface area contributed by atoms with Crippen LogP contribution < -0.4 is 10.1 Å². The molecule has 1 aromatic rings. The highest BCUT2D eigenvalue weighted by Crippen LogP contribution is 2.37. The third kappa shape index (κ3) is 2.73. The van der Waals surface area contributed by atoms with E-state index < -0.39 is 6.10 Å². The molecule has 104 valence electrons. The van der Waals surface area contributed by atoms with E-state index in [9.17, 15) is 5.11 Å². The fourth-order valence-corrected chi connectivity index (χ4v) is 3.29. The first-order valence-corrected chi connectivity index (χ1v) is 7.50. The van der Waals surface area contributed by atoms with Gasteiger partial charge >= 0.3 is 0 Å². The molecule has 1 saturated heterocycles. The van der Waals surface area contributed by atoms with Gasteiger partial charge in [-0.15, -0.1) is 0 Å². The van der Waals surface area contributed by atoms with E-state index in [-0.39, 0.29) is 6.04 Å². The van der Waals surface area contributed by atoms with E-state index in [0.29, 0.717) is 5.02 Å². The van der Waals surface area contributed by atoms with Crippen molar-refractivity contribution in [2.75, 3.05) is 13.2 Å². The molecule has 2 N–H and O–H groups in total. The van der Waals surface area contributed by atoms with Gasteiger partial charge in [-0.25, -0.2) is 0 Å². The normalized spacial score (nSPS) is 24.4. The van der Waals surface area contributed by atoms with Gasteiger partial charge in [0.05, 0.1) is 12.7 Å². The van der Waals surface area contributed by atoms with Crippen LogP contribution >= 0.6 is 11.6 Å². The summed E-state index contributed by atoms with van der Waals surface area (Å²) in [5.41, 5.74) is 1.99. The van der Waals surface area contributed by atoms with Crippen LogP contribution in [0.1, 0.15) is 42.9 Å². The molecule has 3 rings (SSSR count). The van der Waals surface area contributed by atoms with Crippen molar-refractivity contribution in [3.8, 4) is 5.75 Å². The van der Waals surface area contributed by atoms with Crippen LogP contribution in [-0.4, -0.2) is 24.3 Å². The molecule has 0 saturated carbocycles. The van der Waals surface area contributed by atoms with Crippen molar-refractivity contribution >= 4 is 11.6 Å². The van der Waals surface area contributed by atoms with Crippen molar-refractivity contribution in [3.05, 3.63) is 28.3 Å². The number of aliphatic hydroxyl groups is 1. The number of nitrogens with one attached hydrogen (secondary N) is 1. The van der Waals surface area contributed by atoms with Gasteiger partial charge in [0, 0.05) is 16.6 Å². The predicted molar refractivity (Wildman–Crippen MR) is 75.9 cm³/mol. The van der Waals surface area contributed by atoms with Crippen molar-refractivity contribution in [2.45, 2.75) is 44.2 Å². The third-order valence-corrected chi connectivity index (χ3v) is 4.26. The summed E-state index contributed by atoms with van der Waals surface area (Å²) in [4.78, 5) is 0. The third-order valence-electron chi connectivity index (χ3n) is 4.04. The molecule has 1 fully saturated rings. The second-order valence-corrected chi connectivity index (χ2v) is 5.87. The molecule has 19 heavy (non-hydrogen) atoms. The Morgan fingerprint density at radius 3 is 3.00 bits per heavy atom. The topological polar surface area (TPSA) is 41.5 Å². The summed E-state index contributed by atoms with van der Waals surface area (Å²) in [6.07, 6.45) is 4.74. The van der Waals surface area contributed by atoms with E-state index >= 15 is 0 Å². The second-order valence-electron chi connectivity index (χ2n) is 5.44. The standard InChI is InChI=1S/C15H20ClNO2/c16-11-8-10-4-1-2-7-19-15(10)12(9-11)14(18)13-5-3-6-17-13/h8-9,13-14,17-18H,1-7H2. The minimum Gasteiger partial charge on any atom is -0.493 e. The Kier molecular flexibility index (Phi) is 3.96. The van der Waals surface area contributed by atoms with Gasteiger partial charge in [-0.3, -0.25) is 0 Å². The van der Waals surface area contributed by atoms with Gasteiger partial charge in [0.15, 0.2) is 0 Å². The van der Waals surface area contributed by atoms with Crippen molar-refractivity contribution in [3.63, 3.8) is 0 Å². The molecule has 0 aromatic heterocycles. The molecular formula is C15H20ClNO2. The van der Waals surface area contributed by atoms with Crippen LogP contribution in [0.3, 0.4) is 0 Å². The molecule has 2 unspecified atom stereocenters. The van der Waals surface area contributed by atoms with Crippen LogP contribution in [0.5, 0.6) is 5.75 Å². The van der Waals surface area contributed by atoms with Crippen LogP contribution in [0.25, 0.3) is 0 Å². The van der Waals surface area contributed by atoms with Gasteiger partial charge in [-0.1, -0.05) is 11.6 Å². The monoisotopic (exact) mass is 281 g/mol. The SMILES string of the molecule is OC(c1cc(Cl)cc2c1OCCCC2)C1CCCN1. The van der Waals surface area contributed by atoms with E-state index in [1.165, 1.54) is 0 Å². The van der Waals surface area contributed by atoms with E-state index in [1.54, 1.807) is 0 Å². The Bertz CT molecular complexity index is 458. The lowest BCUT2D eigenvalue weighted by Gasteiger charge is -2.22. The van der Waals surface area contributed by atoms with Crippen molar-refractivity contribution in [1.29, 1.82) is 0 Å². The van der Waals surface area contributed by atoms with E-state index in [4.69, 9.17) is 16.3 Å². The van der Waals surface area contributed by atoms with E-state index in [1.807, 2.05) is 12.1 Å². The summed E-state index contributed by atoms with van der Waals surface area (Å²) in [6.45, 7) is 1.71. The highest BCUT2D eigenvalue weighted by Gasteiger charge is 2.28. The van der Waals surface area contributed by atoms with Gasteiger partial charge in [-0.05, 0) is 56.3 Å². The molecule has 2 aliphatic rings. The first-order chi connectivity index (χ1) is 9.25. The molecule has 1 aromatic carbocycles. The van der Waals surface area contributed by atoms with Gasteiger partial charge in [-0.2, -0.15) is 0 Å². The molecule has 0 bridgehead atoms. The van der Waals surface area contributed by atoms with Gasteiger partial charge in [0.25, 0.3) is 0 Å². The predicted octanol–water partition coefficient (Wildman–Crippen LogP) is 2.84. The molecule has 0 radical (unpaired) electrons. The van der Waals surface area contributed by atoms with Crippen molar-refractivity contribution in [2.24, 2.45) is 0 Å². The Balaban J connectivity index is 1.96. The van der Waals surface area contributed by atoms with Crippen LogP contribution in [0, 0.1) is 0 Å². The number of aliphatic hydroxyl groups excluding tert-OH is 1. The number of hydrogen-bond donors (Lipinski definition) is 2. The molecule has 3 nitrogen and oxygen atoms in total. The summed E-state index contributed by atoms with van der Waals surface area (Å²) in [5, 5.41) is 14.6. The number of hydrogen-bond acceptors (Lipinski definition) is 3. The maximum atomic E-state index is 10.6. The average Bonchev–Trinajstić information content (AvgIpc) is 2.83. The first-order valence-electron chi connectivity index (χ1n) is 7.12. The van der Waals surface area contributed by atoms with E-state index in [0.717, 1.165) is 62.1 Å². The Morgan fingerprint density at radius 2 is 2.21 bits per heavy atom. The molecule has 2 heterocycles. The van der Waals surface area contributed by atoms with Gasteiger partial charge in [0.1, 0.15) is 5.75 Å². The molecular weight excluding hydrogens is 262 g/mol. The fourth-order valence-electron chi connectivity index (χ4n) is 3.04. The van der Waals surface area contributed by atoms with Crippen molar-refractivity contribution < 1.29 is 9.84 Å². The fraction of sp³-hybridized carbons (Fsp3) is 0.600. The number of fused-ring (bicyclic) bond motifs is 1. The molecule has 2 atom stereocenters. The summed E-state index contributed by atoms with van der Waals surface area (Å²) in [5.74, 6) is 0.864. The number of benzene rings is 1. The molecule has 0 aliphatic carbocycles. The number of halogens is 1. The zero-order valence-electron chi connectivity index (χ0n) is 11.0. The lowest BCUT2D eigenvalue weighted by atomic mass is 9.96. The molecule has 0 spiro atoms. The van der Waals surface area contributed by atoms with Crippen LogP contribution in [0.15, 0.2) is 12.1 Å². The average molecular weight is 282 g/mol. The summed E-state index contributed by atoms with van der Waals surface area (Å²) >= 11 is 6.20. The minimum atomic E-state index is -0.534. The number of rotatable bonds is 2. The quantitative estimate of drug-likeness (QED) is 0.876. The zero-order valence-corrected chi connectivity index (χ0v) is 11.7. The summed E-state index contributed by atoms with van der Waals surface area (Å²) in [7, 11) is 0. The largest absolute Gasteiger partial charge is 0.493 e. The maximum absolute atomic E-state index is 10.6. The smallest absolute Gasteiger partial charge is 0.128 e. The van der Waals surface area contributed by atoms with E-state index in [2.05, 4.69) is 5.32 Å². The maximum Gasteiger partial charge on any atom is 0.128 e. The molecule has 4 heteroatoms. The highest BCUT2D eigenvalue weighted by atomic mass is 35.5.